The number of ether oxygens (including phenoxy) is 2. The van der Waals surface area contributed by atoms with Crippen LogP contribution in [0.4, 0.5) is 11.4 Å². The molecule has 2 aromatic rings. The largest absolute Gasteiger partial charge is 0.486 e. The third-order valence-electron chi connectivity index (χ3n) is 2.63. The van der Waals surface area contributed by atoms with Crippen LogP contribution >= 0.6 is 11.3 Å². The Morgan fingerprint density at radius 3 is 2.78 bits per heavy atom. The van der Waals surface area contributed by atoms with E-state index >= 15 is 0 Å². The first kappa shape index (κ1) is 11.2. The van der Waals surface area contributed by atoms with Gasteiger partial charge in [0.15, 0.2) is 11.5 Å². The number of hydrogen-bond donors (Lipinski definition) is 2. The highest BCUT2D eigenvalue weighted by Crippen LogP contribution is 2.37. The standard InChI is InChI=1S/C12H13N3O2S/c13-8-5-10-11(17-3-2-16-10)6-9(8)15-7-12-14-1-4-18-12/h1,4-6,15H,2-3,7,13H2. The molecule has 0 bridgehead atoms. The Morgan fingerprint density at radius 1 is 1.28 bits per heavy atom. The topological polar surface area (TPSA) is 69.4 Å². The number of hydrogen-bond acceptors (Lipinski definition) is 6. The summed E-state index contributed by atoms with van der Waals surface area (Å²) in [6, 6.07) is 3.66. The van der Waals surface area contributed by atoms with Crippen molar-refractivity contribution in [1.82, 2.24) is 4.98 Å². The molecule has 0 spiro atoms. The molecule has 0 saturated carbocycles. The van der Waals surface area contributed by atoms with Crippen molar-refractivity contribution in [3.05, 3.63) is 28.7 Å². The Labute approximate surface area is 109 Å². The zero-order valence-corrected chi connectivity index (χ0v) is 10.5. The first-order chi connectivity index (χ1) is 8.83. The summed E-state index contributed by atoms with van der Waals surface area (Å²) in [4.78, 5) is 4.21. The first-order valence-electron chi connectivity index (χ1n) is 5.64. The molecule has 3 rings (SSSR count). The molecule has 0 fully saturated rings. The van der Waals surface area contributed by atoms with Gasteiger partial charge in [0.2, 0.25) is 0 Å². The second-order valence-corrected chi connectivity index (χ2v) is 4.84. The van der Waals surface area contributed by atoms with Gasteiger partial charge in [0, 0.05) is 23.7 Å². The van der Waals surface area contributed by atoms with E-state index in [4.69, 9.17) is 15.2 Å². The summed E-state index contributed by atoms with van der Waals surface area (Å²) >= 11 is 1.61. The van der Waals surface area contributed by atoms with Crippen molar-refractivity contribution >= 4 is 22.7 Å². The molecule has 6 heteroatoms. The van der Waals surface area contributed by atoms with Crippen LogP contribution in [0.3, 0.4) is 0 Å². The Hall–Kier alpha value is -1.95. The zero-order valence-electron chi connectivity index (χ0n) is 9.68. The van der Waals surface area contributed by atoms with Crippen molar-refractivity contribution in [1.29, 1.82) is 0 Å². The second-order valence-electron chi connectivity index (χ2n) is 3.86. The van der Waals surface area contributed by atoms with Gasteiger partial charge in [-0.2, -0.15) is 0 Å². The number of anilines is 2. The van der Waals surface area contributed by atoms with Crippen LogP contribution in [0, 0.1) is 0 Å². The van der Waals surface area contributed by atoms with E-state index in [0.29, 0.717) is 31.2 Å². The summed E-state index contributed by atoms with van der Waals surface area (Å²) in [5.74, 6) is 1.44. The van der Waals surface area contributed by atoms with Crippen LogP contribution in [0.25, 0.3) is 0 Å². The van der Waals surface area contributed by atoms with Gasteiger partial charge < -0.3 is 20.5 Å². The quantitative estimate of drug-likeness (QED) is 0.830. The predicted molar refractivity (Wildman–Crippen MR) is 71.3 cm³/mol. The molecule has 1 aliphatic heterocycles. The highest BCUT2D eigenvalue weighted by atomic mass is 32.1. The van der Waals surface area contributed by atoms with Crippen molar-refractivity contribution < 1.29 is 9.47 Å². The molecule has 0 aliphatic carbocycles. The van der Waals surface area contributed by atoms with Crippen LogP contribution in [0.1, 0.15) is 5.01 Å². The summed E-state index contributed by atoms with van der Waals surface area (Å²) < 4.78 is 11.0. The first-order valence-corrected chi connectivity index (χ1v) is 6.52. The minimum absolute atomic E-state index is 0.568. The minimum Gasteiger partial charge on any atom is -0.486 e. The van der Waals surface area contributed by atoms with Crippen molar-refractivity contribution in [3.63, 3.8) is 0 Å². The highest BCUT2D eigenvalue weighted by molar-refractivity contribution is 7.09. The van der Waals surface area contributed by atoms with Crippen LogP contribution in [-0.4, -0.2) is 18.2 Å². The number of thiazole rings is 1. The van der Waals surface area contributed by atoms with Crippen molar-refractivity contribution in [3.8, 4) is 11.5 Å². The van der Waals surface area contributed by atoms with Gasteiger partial charge in [-0.25, -0.2) is 4.98 Å². The SMILES string of the molecule is Nc1cc2c(cc1NCc1nccs1)OCCO2. The number of benzene rings is 1. The molecular weight excluding hydrogens is 250 g/mol. The van der Waals surface area contributed by atoms with Crippen LogP contribution in [0.2, 0.25) is 0 Å². The maximum atomic E-state index is 5.97. The van der Waals surface area contributed by atoms with E-state index in [-0.39, 0.29) is 0 Å². The normalized spacial score (nSPS) is 13.3. The second kappa shape index (κ2) is 4.73. The summed E-state index contributed by atoms with van der Waals surface area (Å²) in [5.41, 5.74) is 7.46. The fourth-order valence-electron chi connectivity index (χ4n) is 1.77. The van der Waals surface area contributed by atoms with Gasteiger partial charge >= 0.3 is 0 Å². The van der Waals surface area contributed by atoms with Crippen molar-refractivity contribution in [2.75, 3.05) is 24.3 Å². The molecule has 5 nitrogen and oxygen atoms in total. The minimum atomic E-state index is 0.568. The van der Waals surface area contributed by atoms with Gasteiger partial charge in [0.1, 0.15) is 18.2 Å². The van der Waals surface area contributed by atoms with Gasteiger partial charge in [0.25, 0.3) is 0 Å². The van der Waals surface area contributed by atoms with E-state index < -0.39 is 0 Å². The number of fused-ring (bicyclic) bond motifs is 1. The Kier molecular flexibility index (Phi) is 2.93. The average Bonchev–Trinajstić information content (AvgIpc) is 2.89. The molecule has 3 N–H and O–H groups in total. The Balaban J connectivity index is 1.79. The van der Waals surface area contributed by atoms with Gasteiger partial charge in [-0.3, -0.25) is 0 Å². The number of nitrogens with two attached hydrogens (primary N) is 1. The van der Waals surface area contributed by atoms with E-state index in [9.17, 15) is 0 Å². The third kappa shape index (κ3) is 2.19. The highest BCUT2D eigenvalue weighted by Gasteiger charge is 2.14. The molecule has 0 saturated heterocycles. The number of nitrogens with zero attached hydrogens (tertiary/aromatic N) is 1. The zero-order chi connectivity index (χ0) is 12.4. The maximum Gasteiger partial charge on any atom is 0.163 e. The molecule has 1 aromatic carbocycles. The molecular formula is C12H13N3O2S. The molecule has 18 heavy (non-hydrogen) atoms. The number of nitrogen functional groups attached to an aromatic ring is 1. The third-order valence-corrected chi connectivity index (χ3v) is 3.41. The summed E-state index contributed by atoms with van der Waals surface area (Å²) in [7, 11) is 0. The molecule has 94 valence electrons. The lowest BCUT2D eigenvalue weighted by atomic mass is 10.2. The number of nitrogens with one attached hydrogen (secondary N) is 1. The summed E-state index contributed by atoms with van der Waals surface area (Å²) in [6.45, 7) is 1.79. The molecule has 1 aliphatic rings. The van der Waals surface area contributed by atoms with E-state index in [2.05, 4.69) is 10.3 Å². The van der Waals surface area contributed by atoms with E-state index in [1.165, 1.54) is 0 Å². The van der Waals surface area contributed by atoms with E-state index in [0.717, 1.165) is 16.4 Å². The predicted octanol–water partition coefficient (Wildman–Crippen LogP) is 2.11. The molecule has 0 atom stereocenters. The van der Waals surface area contributed by atoms with Gasteiger partial charge in [-0.1, -0.05) is 0 Å². The Bertz CT molecular complexity index is 543. The lowest BCUT2D eigenvalue weighted by Crippen LogP contribution is -2.16. The molecule has 0 amide bonds. The average molecular weight is 263 g/mol. The van der Waals surface area contributed by atoms with Crippen LogP contribution in [0.5, 0.6) is 11.5 Å². The van der Waals surface area contributed by atoms with Gasteiger partial charge in [-0.15, -0.1) is 11.3 Å². The lowest BCUT2D eigenvalue weighted by molar-refractivity contribution is 0.172. The van der Waals surface area contributed by atoms with Crippen molar-refractivity contribution in [2.24, 2.45) is 0 Å². The molecule has 1 aromatic heterocycles. The number of aromatic nitrogens is 1. The van der Waals surface area contributed by atoms with E-state index in [1.54, 1.807) is 23.6 Å². The summed E-state index contributed by atoms with van der Waals surface area (Å²) in [5, 5.41) is 6.22. The van der Waals surface area contributed by atoms with Gasteiger partial charge in [-0.05, 0) is 0 Å². The molecule has 2 heterocycles. The smallest absolute Gasteiger partial charge is 0.163 e. The fraction of sp³-hybridized carbons (Fsp3) is 0.250. The maximum absolute atomic E-state index is 5.97. The van der Waals surface area contributed by atoms with Crippen molar-refractivity contribution in [2.45, 2.75) is 6.54 Å². The molecule has 0 radical (unpaired) electrons. The fourth-order valence-corrected chi connectivity index (χ4v) is 2.32. The molecule has 0 unspecified atom stereocenters. The Morgan fingerprint density at radius 2 is 2.06 bits per heavy atom. The van der Waals surface area contributed by atoms with Crippen LogP contribution < -0.4 is 20.5 Å². The lowest BCUT2D eigenvalue weighted by Gasteiger charge is -2.20. The summed E-state index contributed by atoms with van der Waals surface area (Å²) in [6.07, 6.45) is 1.79. The van der Waals surface area contributed by atoms with Crippen LogP contribution in [-0.2, 0) is 6.54 Å². The number of rotatable bonds is 3. The monoisotopic (exact) mass is 263 g/mol. The van der Waals surface area contributed by atoms with E-state index in [1.807, 2.05) is 11.4 Å². The van der Waals surface area contributed by atoms with Gasteiger partial charge in [0.05, 0.1) is 17.9 Å². The van der Waals surface area contributed by atoms with Crippen LogP contribution in [0.15, 0.2) is 23.7 Å².